The molecular formula is C25H18F4N2Pt. The molecule has 0 aliphatic rings. The van der Waals surface area contributed by atoms with Crippen molar-refractivity contribution < 1.29 is 38.6 Å². The predicted molar refractivity (Wildman–Crippen MR) is 111 cm³/mol. The molecule has 0 radical (unpaired) electrons. The quantitative estimate of drug-likeness (QED) is 0.239. The largest absolute Gasteiger partial charge is 0.252 e. The molecule has 166 valence electrons. The predicted octanol–water partition coefficient (Wildman–Crippen LogP) is 6.69. The third-order valence-electron chi connectivity index (χ3n) is 5.19. The minimum absolute atomic E-state index is 0. The summed E-state index contributed by atoms with van der Waals surface area (Å²) in [5, 5.41) is 0. The fourth-order valence-electron chi connectivity index (χ4n) is 3.39. The second-order valence-electron chi connectivity index (χ2n) is 7.69. The number of hydrogen-bond donors (Lipinski definition) is 0. The fourth-order valence-corrected chi connectivity index (χ4v) is 3.39. The number of halogens is 4. The van der Waals surface area contributed by atoms with Gasteiger partial charge in [-0.1, -0.05) is 12.1 Å². The van der Waals surface area contributed by atoms with E-state index < -0.39 is 28.7 Å². The molecule has 0 fully saturated rings. The molecule has 32 heavy (non-hydrogen) atoms. The van der Waals surface area contributed by atoms with E-state index in [0.717, 1.165) is 12.1 Å². The van der Waals surface area contributed by atoms with Gasteiger partial charge in [-0.25, -0.2) is 17.6 Å². The zero-order chi connectivity index (χ0) is 22.2. The smallest absolute Gasteiger partial charge is 0.135 e. The van der Waals surface area contributed by atoms with E-state index in [9.17, 15) is 17.6 Å². The first kappa shape index (κ1) is 23.8. The Hall–Kier alpha value is -2.85. The van der Waals surface area contributed by atoms with Crippen LogP contribution >= 0.6 is 0 Å². The molecule has 0 aliphatic heterocycles. The molecule has 0 saturated heterocycles. The molecule has 0 saturated carbocycles. The molecular weight excluding hydrogens is 599 g/mol. The van der Waals surface area contributed by atoms with E-state index >= 15 is 0 Å². The van der Waals surface area contributed by atoms with Crippen LogP contribution in [0.5, 0.6) is 0 Å². The average Bonchev–Trinajstić information content (AvgIpc) is 2.74. The van der Waals surface area contributed by atoms with Crippen LogP contribution in [0.3, 0.4) is 0 Å². The van der Waals surface area contributed by atoms with Crippen LogP contribution in [0.2, 0.25) is 0 Å². The first-order chi connectivity index (χ1) is 14.8. The molecule has 7 heteroatoms. The minimum Gasteiger partial charge on any atom is -0.252 e. The number of nitrogens with zero attached hydrogens (tertiary/aromatic N) is 2. The summed E-state index contributed by atoms with van der Waals surface area (Å²) in [6, 6.07) is 17.0. The van der Waals surface area contributed by atoms with Gasteiger partial charge in [-0.2, -0.15) is 0 Å². The Labute approximate surface area is 197 Å². The second-order valence-corrected chi connectivity index (χ2v) is 7.69. The van der Waals surface area contributed by atoms with E-state index in [-0.39, 0.29) is 32.2 Å². The van der Waals surface area contributed by atoms with Gasteiger partial charge in [0.25, 0.3) is 0 Å². The molecule has 4 aromatic rings. The summed E-state index contributed by atoms with van der Waals surface area (Å²) in [6.45, 7) is 3.79. The Morgan fingerprint density at radius 1 is 0.594 bits per heavy atom. The Bertz CT molecular complexity index is 1180. The van der Waals surface area contributed by atoms with Gasteiger partial charge >= 0.3 is 0 Å². The molecule has 0 atom stereocenters. The molecule has 4 rings (SSSR count). The molecule has 0 N–H and O–H groups in total. The molecule has 0 bridgehead atoms. The van der Waals surface area contributed by atoms with Gasteiger partial charge in [0.2, 0.25) is 0 Å². The molecule has 2 heterocycles. The van der Waals surface area contributed by atoms with E-state index in [4.69, 9.17) is 0 Å². The first-order valence-electron chi connectivity index (χ1n) is 9.61. The Balaban J connectivity index is 0.00000289. The van der Waals surface area contributed by atoms with E-state index in [1.54, 1.807) is 36.4 Å². The van der Waals surface area contributed by atoms with Gasteiger partial charge in [-0.3, -0.25) is 9.97 Å². The van der Waals surface area contributed by atoms with Gasteiger partial charge in [-0.15, -0.1) is 0 Å². The molecule has 0 spiro atoms. The van der Waals surface area contributed by atoms with Gasteiger partial charge in [-0.05, 0) is 62.4 Å². The van der Waals surface area contributed by atoms with Crippen LogP contribution in [0, 0.1) is 23.3 Å². The number of benzene rings is 2. The van der Waals surface area contributed by atoms with Crippen molar-refractivity contribution in [1.82, 2.24) is 9.97 Å². The van der Waals surface area contributed by atoms with E-state index in [1.807, 2.05) is 13.8 Å². The van der Waals surface area contributed by atoms with E-state index in [1.165, 1.54) is 24.3 Å². The average molecular weight is 618 g/mol. The standard InChI is InChI=1S/C25H18F4N2.Pt/c1-25(2,23-7-3-5-21(30-23)17-11-9-15(26)13-19(17)28)24-8-4-6-22(31-24)18-12-10-16(27)14-20(18)29;/h3-14H,1-2H3;. The number of aromatic nitrogens is 2. The van der Waals surface area contributed by atoms with Crippen molar-refractivity contribution in [2.75, 3.05) is 0 Å². The van der Waals surface area contributed by atoms with Gasteiger partial charge in [0, 0.05) is 49.7 Å². The summed E-state index contributed by atoms with van der Waals surface area (Å²) in [6.07, 6.45) is 0. The van der Waals surface area contributed by atoms with E-state index in [0.29, 0.717) is 22.8 Å². The Kier molecular flexibility index (Phi) is 6.94. The van der Waals surface area contributed by atoms with Crippen LogP contribution in [0.25, 0.3) is 22.5 Å². The SMILES string of the molecule is CC(C)(c1cccc(-c2ccc(F)cc2F)n1)c1cccc(-c2ccc(F)cc2F)n1.[Pt]. The number of hydrogen-bond acceptors (Lipinski definition) is 2. The number of pyridine rings is 2. The maximum atomic E-state index is 14.2. The van der Waals surface area contributed by atoms with Crippen molar-refractivity contribution in [2.24, 2.45) is 0 Å². The van der Waals surface area contributed by atoms with Crippen LogP contribution in [0.4, 0.5) is 17.6 Å². The van der Waals surface area contributed by atoms with Gasteiger partial charge < -0.3 is 0 Å². The Morgan fingerprint density at radius 3 is 1.38 bits per heavy atom. The van der Waals surface area contributed by atoms with Crippen LogP contribution in [0.1, 0.15) is 25.2 Å². The normalized spacial score (nSPS) is 11.2. The minimum atomic E-state index is -0.709. The number of rotatable bonds is 4. The molecule has 0 aliphatic carbocycles. The second kappa shape index (κ2) is 9.33. The molecule has 0 unspecified atom stereocenters. The van der Waals surface area contributed by atoms with Gasteiger partial charge in [0.15, 0.2) is 0 Å². The van der Waals surface area contributed by atoms with Crippen LogP contribution in [-0.4, -0.2) is 9.97 Å². The van der Waals surface area contributed by atoms with Crippen molar-refractivity contribution in [3.8, 4) is 22.5 Å². The summed E-state index contributed by atoms with van der Waals surface area (Å²) in [4.78, 5) is 9.17. The van der Waals surface area contributed by atoms with Crippen molar-refractivity contribution in [3.05, 3.63) is 107 Å². The van der Waals surface area contributed by atoms with Crippen molar-refractivity contribution in [3.63, 3.8) is 0 Å². The topological polar surface area (TPSA) is 25.8 Å². The zero-order valence-electron chi connectivity index (χ0n) is 17.2. The monoisotopic (exact) mass is 617 g/mol. The van der Waals surface area contributed by atoms with Crippen molar-refractivity contribution in [1.29, 1.82) is 0 Å². The summed E-state index contributed by atoms with van der Waals surface area (Å²) in [5.74, 6) is -2.72. The van der Waals surface area contributed by atoms with E-state index in [2.05, 4.69) is 9.97 Å². The summed E-state index contributed by atoms with van der Waals surface area (Å²) in [7, 11) is 0. The third kappa shape index (κ3) is 4.65. The van der Waals surface area contributed by atoms with Crippen molar-refractivity contribution in [2.45, 2.75) is 19.3 Å². The van der Waals surface area contributed by atoms with Crippen LogP contribution in [0.15, 0.2) is 72.8 Å². The summed E-state index contributed by atoms with van der Waals surface area (Å²) < 4.78 is 55.0. The maximum Gasteiger partial charge on any atom is 0.135 e. The molecule has 0 amide bonds. The summed E-state index contributed by atoms with van der Waals surface area (Å²) in [5.41, 5.74) is 1.62. The zero-order valence-corrected chi connectivity index (χ0v) is 19.4. The fraction of sp³-hybridized carbons (Fsp3) is 0.120. The van der Waals surface area contributed by atoms with Crippen LogP contribution in [-0.2, 0) is 26.5 Å². The van der Waals surface area contributed by atoms with Crippen molar-refractivity contribution >= 4 is 0 Å². The van der Waals surface area contributed by atoms with Gasteiger partial charge in [0.05, 0.1) is 22.8 Å². The molecule has 2 aromatic carbocycles. The molecule has 2 nitrogen and oxygen atoms in total. The maximum absolute atomic E-state index is 14.2. The summed E-state index contributed by atoms with van der Waals surface area (Å²) >= 11 is 0. The Morgan fingerprint density at radius 2 is 1.00 bits per heavy atom. The van der Waals surface area contributed by atoms with Gasteiger partial charge in [0.1, 0.15) is 23.3 Å². The van der Waals surface area contributed by atoms with Crippen LogP contribution < -0.4 is 0 Å². The first-order valence-corrected chi connectivity index (χ1v) is 9.61. The third-order valence-corrected chi connectivity index (χ3v) is 5.19. The molecule has 2 aromatic heterocycles.